The Morgan fingerprint density at radius 1 is 0.923 bits per heavy atom. The van der Waals surface area contributed by atoms with Gasteiger partial charge in [0.15, 0.2) is 0 Å². The fourth-order valence-corrected chi connectivity index (χ4v) is 4.14. The van der Waals surface area contributed by atoms with Crippen LogP contribution in [0.25, 0.3) is 10.8 Å². The summed E-state index contributed by atoms with van der Waals surface area (Å²) in [6, 6.07) is 24.4. The fourth-order valence-electron chi connectivity index (χ4n) is 4.14. The molecule has 39 heavy (non-hydrogen) atoms. The van der Waals surface area contributed by atoms with Gasteiger partial charge >= 0.3 is 12.1 Å². The van der Waals surface area contributed by atoms with E-state index in [1.807, 2.05) is 100 Å². The first kappa shape index (κ1) is 27.6. The first-order valence-corrected chi connectivity index (χ1v) is 12.9. The number of nitrogens with one attached hydrogen (secondary N) is 1. The number of pyridine rings is 1. The second-order valence-corrected chi connectivity index (χ2v) is 10.4. The van der Waals surface area contributed by atoms with Crippen LogP contribution in [0.15, 0.2) is 85.1 Å². The SMILES string of the molecule is Cc1cc2c(C(=O)OCc3ccccc3)c(OCC(Cc3ccccc3)NC(=O)OC(C)(C)C)ccc2cn1. The van der Waals surface area contributed by atoms with Gasteiger partial charge in [-0.1, -0.05) is 60.7 Å². The van der Waals surface area contributed by atoms with E-state index in [0.29, 0.717) is 23.1 Å². The molecule has 0 saturated heterocycles. The molecule has 7 heteroatoms. The first-order valence-electron chi connectivity index (χ1n) is 12.9. The fraction of sp³-hybridized carbons (Fsp3) is 0.281. The zero-order chi connectivity index (χ0) is 27.8. The molecule has 7 nitrogen and oxygen atoms in total. The molecule has 0 saturated carbocycles. The number of rotatable bonds is 9. The van der Waals surface area contributed by atoms with E-state index in [-0.39, 0.29) is 13.2 Å². The Hall–Kier alpha value is -4.39. The Kier molecular flexibility index (Phi) is 8.81. The van der Waals surface area contributed by atoms with Gasteiger partial charge in [0.2, 0.25) is 0 Å². The van der Waals surface area contributed by atoms with Crippen LogP contribution in [-0.4, -0.2) is 35.3 Å². The molecule has 4 rings (SSSR count). The van der Waals surface area contributed by atoms with E-state index in [4.69, 9.17) is 14.2 Å². The summed E-state index contributed by atoms with van der Waals surface area (Å²) in [7, 11) is 0. The standard InChI is InChI=1S/C32H34N2O5/c1-22-17-27-25(19-33-22)15-16-28(29(27)30(35)38-20-24-13-9-6-10-14-24)37-21-26(18-23-11-7-5-8-12-23)34-31(36)39-32(2,3)4/h5-17,19,26H,18,20-21H2,1-4H3,(H,34,36). The summed E-state index contributed by atoms with van der Waals surface area (Å²) in [5, 5.41) is 4.41. The lowest BCUT2D eigenvalue weighted by molar-refractivity contribution is 0.0455. The van der Waals surface area contributed by atoms with E-state index in [1.165, 1.54) is 0 Å². The summed E-state index contributed by atoms with van der Waals surface area (Å²) in [6.45, 7) is 7.56. The summed E-state index contributed by atoms with van der Waals surface area (Å²) in [4.78, 5) is 30.4. The second-order valence-electron chi connectivity index (χ2n) is 10.4. The number of amides is 1. The number of aromatic nitrogens is 1. The molecule has 1 atom stereocenters. The molecular weight excluding hydrogens is 492 g/mol. The highest BCUT2D eigenvalue weighted by Crippen LogP contribution is 2.30. The zero-order valence-electron chi connectivity index (χ0n) is 22.8. The van der Waals surface area contributed by atoms with Gasteiger partial charge < -0.3 is 19.5 Å². The second kappa shape index (κ2) is 12.4. The molecule has 0 spiro atoms. The molecule has 0 radical (unpaired) electrons. The highest BCUT2D eigenvalue weighted by Gasteiger charge is 2.23. The van der Waals surface area contributed by atoms with Crippen LogP contribution in [0.4, 0.5) is 4.79 Å². The molecule has 1 N–H and O–H groups in total. The van der Waals surface area contributed by atoms with E-state index in [1.54, 1.807) is 12.3 Å². The molecule has 0 aliphatic carbocycles. The number of carbonyl (C=O) groups excluding carboxylic acids is 2. The van der Waals surface area contributed by atoms with Crippen LogP contribution in [0.3, 0.4) is 0 Å². The van der Waals surface area contributed by atoms with Crippen molar-refractivity contribution in [3.63, 3.8) is 0 Å². The Morgan fingerprint density at radius 2 is 1.59 bits per heavy atom. The minimum Gasteiger partial charge on any atom is -0.491 e. The number of hydrogen-bond acceptors (Lipinski definition) is 6. The lowest BCUT2D eigenvalue weighted by atomic mass is 10.0. The summed E-state index contributed by atoms with van der Waals surface area (Å²) < 4.78 is 17.4. The number of esters is 1. The predicted octanol–water partition coefficient (Wildman–Crippen LogP) is 6.42. The maximum atomic E-state index is 13.4. The lowest BCUT2D eigenvalue weighted by Crippen LogP contribution is -2.43. The van der Waals surface area contributed by atoms with Crippen molar-refractivity contribution in [2.75, 3.05) is 6.61 Å². The number of hydrogen-bond donors (Lipinski definition) is 1. The normalized spacial score (nSPS) is 12.0. The van der Waals surface area contributed by atoms with Crippen LogP contribution in [-0.2, 0) is 22.5 Å². The van der Waals surface area contributed by atoms with Crippen LogP contribution < -0.4 is 10.1 Å². The molecule has 0 aliphatic rings. The average Bonchev–Trinajstić information content (AvgIpc) is 2.90. The Labute approximate surface area is 229 Å². The number of carbonyl (C=O) groups is 2. The third-order valence-corrected chi connectivity index (χ3v) is 5.90. The van der Waals surface area contributed by atoms with Crippen molar-refractivity contribution in [1.29, 1.82) is 0 Å². The first-order chi connectivity index (χ1) is 18.7. The third kappa shape index (κ3) is 8.04. The highest BCUT2D eigenvalue weighted by molar-refractivity contribution is 6.07. The topological polar surface area (TPSA) is 86.8 Å². The van der Waals surface area contributed by atoms with Crippen molar-refractivity contribution in [3.05, 3.63) is 107 Å². The molecule has 0 aliphatic heterocycles. The molecule has 0 bridgehead atoms. The van der Waals surface area contributed by atoms with Gasteiger partial charge in [0.25, 0.3) is 0 Å². The van der Waals surface area contributed by atoms with Gasteiger partial charge in [-0.15, -0.1) is 0 Å². The van der Waals surface area contributed by atoms with Gasteiger partial charge in [-0.05, 0) is 63.4 Å². The van der Waals surface area contributed by atoms with Crippen LogP contribution in [0.2, 0.25) is 0 Å². The van der Waals surface area contributed by atoms with E-state index >= 15 is 0 Å². The number of nitrogens with zero attached hydrogens (tertiary/aromatic N) is 1. The Balaban J connectivity index is 1.59. The smallest absolute Gasteiger partial charge is 0.408 e. The monoisotopic (exact) mass is 526 g/mol. The van der Waals surface area contributed by atoms with Gasteiger partial charge in [0, 0.05) is 22.7 Å². The van der Waals surface area contributed by atoms with Gasteiger partial charge in [0.1, 0.15) is 30.1 Å². The van der Waals surface area contributed by atoms with E-state index in [0.717, 1.165) is 22.2 Å². The van der Waals surface area contributed by atoms with E-state index in [9.17, 15) is 9.59 Å². The third-order valence-electron chi connectivity index (χ3n) is 5.90. The van der Waals surface area contributed by atoms with Crippen LogP contribution >= 0.6 is 0 Å². The number of ether oxygens (including phenoxy) is 3. The minimum absolute atomic E-state index is 0.114. The van der Waals surface area contributed by atoms with Gasteiger partial charge in [-0.3, -0.25) is 4.98 Å². The van der Waals surface area contributed by atoms with Crippen molar-refractivity contribution in [3.8, 4) is 5.75 Å². The van der Waals surface area contributed by atoms with E-state index < -0.39 is 23.7 Å². The van der Waals surface area contributed by atoms with Crippen molar-refractivity contribution >= 4 is 22.8 Å². The zero-order valence-corrected chi connectivity index (χ0v) is 22.8. The van der Waals surface area contributed by atoms with Crippen LogP contribution in [0.1, 0.15) is 48.0 Å². The van der Waals surface area contributed by atoms with Crippen molar-refractivity contribution in [1.82, 2.24) is 10.3 Å². The lowest BCUT2D eigenvalue weighted by Gasteiger charge is -2.24. The van der Waals surface area contributed by atoms with Gasteiger partial charge in [-0.2, -0.15) is 0 Å². The van der Waals surface area contributed by atoms with Crippen molar-refractivity contribution in [2.45, 2.75) is 52.4 Å². The quantitative estimate of drug-likeness (QED) is 0.254. The summed E-state index contributed by atoms with van der Waals surface area (Å²) in [5.74, 6) is -0.125. The average molecular weight is 527 g/mol. The molecule has 4 aromatic rings. The molecule has 3 aromatic carbocycles. The molecule has 1 unspecified atom stereocenters. The van der Waals surface area contributed by atoms with Gasteiger partial charge in [-0.25, -0.2) is 9.59 Å². The number of benzene rings is 3. The molecule has 1 aromatic heterocycles. The number of fused-ring (bicyclic) bond motifs is 1. The van der Waals surface area contributed by atoms with E-state index in [2.05, 4.69) is 10.3 Å². The molecule has 202 valence electrons. The molecule has 0 fully saturated rings. The summed E-state index contributed by atoms with van der Waals surface area (Å²) in [5.41, 5.74) is 2.37. The van der Waals surface area contributed by atoms with Crippen LogP contribution in [0.5, 0.6) is 5.75 Å². The maximum Gasteiger partial charge on any atom is 0.408 e. The highest BCUT2D eigenvalue weighted by atomic mass is 16.6. The minimum atomic E-state index is -0.637. The number of alkyl carbamates (subject to hydrolysis) is 1. The number of aryl methyl sites for hydroxylation is 1. The van der Waals surface area contributed by atoms with Crippen LogP contribution in [0, 0.1) is 6.92 Å². The predicted molar refractivity (Wildman–Crippen MR) is 151 cm³/mol. The molecule has 1 amide bonds. The summed E-state index contributed by atoms with van der Waals surface area (Å²) >= 11 is 0. The Morgan fingerprint density at radius 3 is 2.26 bits per heavy atom. The summed E-state index contributed by atoms with van der Waals surface area (Å²) in [6.07, 6.45) is 1.71. The Bertz CT molecular complexity index is 1420. The largest absolute Gasteiger partial charge is 0.491 e. The van der Waals surface area contributed by atoms with Crippen molar-refractivity contribution in [2.24, 2.45) is 0 Å². The molecular formula is C32H34N2O5. The molecule has 1 heterocycles. The van der Waals surface area contributed by atoms with Crippen molar-refractivity contribution < 1.29 is 23.8 Å². The van der Waals surface area contributed by atoms with Gasteiger partial charge in [0.05, 0.1) is 6.04 Å². The maximum absolute atomic E-state index is 13.4.